The number of nitrogen functional groups attached to an aromatic ring is 1. The monoisotopic (exact) mass is 339 g/mol. The number of anilines is 2. The lowest BCUT2D eigenvalue weighted by molar-refractivity contribution is 0.0992. The van der Waals surface area contributed by atoms with Crippen LogP contribution in [0.2, 0.25) is 5.02 Å². The molecule has 0 aliphatic carbocycles. The molecule has 4 nitrogen and oxygen atoms in total. The van der Waals surface area contributed by atoms with Crippen LogP contribution in [0.3, 0.4) is 0 Å². The summed E-state index contributed by atoms with van der Waals surface area (Å²) in [5.41, 5.74) is 7.33. The minimum absolute atomic E-state index is 0.202. The standard InChI is InChI=1S/C13H11BrClN3O/c1-18(12-4-5-17-7-11(12)16)13(19)9-6-8(15)2-3-10(9)14/h2-7H,16H2,1H3. The highest BCUT2D eigenvalue weighted by Crippen LogP contribution is 2.26. The number of nitrogens with two attached hydrogens (primary N) is 1. The Balaban J connectivity index is 2.39. The maximum atomic E-state index is 12.4. The molecule has 0 bridgehead atoms. The zero-order valence-electron chi connectivity index (χ0n) is 10.1. The molecule has 2 N–H and O–H groups in total. The molecule has 0 saturated carbocycles. The summed E-state index contributed by atoms with van der Waals surface area (Å²) >= 11 is 9.26. The third kappa shape index (κ3) is 2.88. The summed E-state index contributed by atoms with van der Waals surface area (Å²) in [7, 11) is 1.65. The van der Waals surface area contributed by atoms with Crippen LogP contribution in [0, 0.1) is 0 Å². The molecule has 6 heteroatoms. The normalized spacial score (nSPS) is 10.3. The van der Waals surface area contributed by atoms with E-state index in [1.54, 1.807) is 37.5 Å². The summed E-state index contributed by atoms with van der Waals surface area (Å²) in [4.78, 5) is 17.8. The molecule has 0 saturated heterocycles. The van der Waals surface area contributed by atoms with Gasteiger partial charge in [-0.15, -0.1) is 0 Å². The van der Waals surface area contributed by atoms with Gasteiger partial charge in [-0.1, -0.05) is 11.6 Å². The molecule has 0 aliphatic rings. The van der Waals surface area contributed by atoms with Crippen molar-refractivity contribution in [3.63, 3.8) is 0 Å². The zero-order chi connectivity index (χ0) is 14.0. The number of pyridine rings is 1. The lowest BCUT2D eigenvalue weighted by Gasteiger charge is -2.19. The van der Waals surface area contributed by atoms with Crippen LogP contribution >= 0.6 is 27.5 Å². The predicted octanol–water partition coefficient (Wildman–Crippen LogP) is 3.36. The Bertz CT molecular complexity index is 633. The molecule has 19 heavy (non-hydrogen) atoms. The molecule has 1 aromatic carbocycles. The van der Waals surface area contributed by atoms with Crippen molar-refractivity contribution in [2.45, 2.75) is 0 Å². The van der Waals surface area contributed by atoms with E-state index in [-0.39, 0.29) is 5.91 Å². The Hall–Kier alpha value is -1.59. The molecule has 2 rings (SSSR count). The number of hydrogen-bond acceptors (Lipinski definition) is 3. The van der Waals surface area contributed by atoms with Crippen molar-refractivity contribution in [1.82, 2.24) is 4.98 Å². The van der Waals surface area contributed by atoms with Gasteiger partial charge in [-0.25, -0.2) is 0 Å². The van der Waals surface area contributed by atoms with Crippen LogP contribution in [0.1, 0.15) is 10.4 Å². The summed E-state index contributed by atoms with van der Waals surface area (Å²) in [6.45, 7) is 0. The lowest BCUT2D eigenvalue weighted by Crippen LogP contribution is -2.27. The molecule has 0 spiro atoms. The van der Waals surface area contributed by atoms with E-state index in [4.69, 9.17) is 17.3 Å². The van der Waals surface area contributed by atoms with E-state index in [0.29, 0.717) is 26.4 Å². The first kappa shape index (κ1) is 13.8. The maximum Gasteiger partial charge on any atom is 0.259 e. The average molecular weight is 341 g/mol. The van der Waals surface area contributed by atoms with Gasteiger partial charge in [0.2, 0.25) is 0 Å². The Morgan fingerprint density at radius 1 is 1.42 bits per heavy atom. The van der Waals surface area contributed by atoms with Crippen molar-refractivity contribution >= 4 is 44.8 Å². The van der Waals surface area contributed by atoms with E-state index in [0.717, 1.165) is 0 Å². The highest BCUT2D eigenvalue weighted by molar-refractivity contribution is 9.10. The molecule has 1 heterocycles. The van der Waals surface area contributed by atoms with E-state index in [9.17, 15) is 4.79 Å². The first-order valence-electron chi connectivity index (χ1n) is 5.43. The van der Waals surface area contributed by atoms with Crippen molar-refractivity contribution < 1.29 is 4.79 Å². The van der Waals surface area contributed by atoms with E-state index < -0.39 is 0 Å². The van der Waals surface area contributed by atoms with Gasteiger partial charge < -0.3 is 10.6 Å². The van der Waals surface area contributed by atoms with E-state index in [1.807, 2.05) is 0 Å². The molecular weight excluding hydrogens is 330 g/mol. The number of amides is 1. The van der Waals surface area contributed by atoms with Gasteiger partial charge in [0, 0.05) is 22.7 Å². The second kappa shape index (κ2) is 5.59. The molecule has 0 radical (unpaired) electrons. The fourth-order valence-corrected chi connectivity index (χ4v) is 2.24. The summed E-state index contributed by atoms with van der Waals surface area (Å²) in [6.07, 6.45) is 3.09. The number of carbonyl (C=O) groups excluding carboxylic acids is 1. The Morgan fingerprint density at radius 2 is 2.16 bits per heavy atom. The number of aromatic nitrogens is 1. The van der Waals surface area contributed by atoms with Gasteiger partial charge in [0.25, 0.3) is 5.91 Å². The highest BCUT2D eigenvalue weighted by atomic mass is 79.9. The number of benzene rings is 1. The summed E-state index contributed by atoms with van der Waals surface area (Å²) in [5.74, 6) is -0.202. The summed E-state index contributed by atoms with van der Waals surface area (Å²) < 4.78 is 0.682. The van der Waals surface area contributed by atoms with Crippen LogP contribution in [0.15, 0.2) is 41.1 Å². The van der Waals surface area contributed by atoms with Gasteiger partial charge in [-0.05, 0) is 40.2 Å². The molecule has 1 aromatic heterocycles. The van der Waals surface area contributed by atoms with Gasteiger partial charge in [0.15, 0.2) is 0 Å². The van der Waals surface area contributed by atoms with Crippen LogP contribution in [-0.2, 0) is 0 Å². The van der Waals surface area contributed by atoms with Gasteiger partial charge in [0.05, 0.1) is 23.1 Å². The van der Waals surface area contributed by atoms with Crippen LogP contribution < -0.4 is 10.6 Å². The fourth-order valence-electron chi connectivity index (χ4n) is 1.66. The predicted molar refractivity (Wildman–Crippen MR) is 80.5 cm³/mol. The van der Waals surface area contributed by atoms with Gasteiger partial charge in [0.1, 0.15) is 0 Å². The SMILES string of the molecule is CN(C(=O)c1cc(Cl)ccc1Br)c1ccncc1N. The molecule has 0 fully saturated rings. The van der Waals surface area contributed by atoms with E-state index in [1.165, 1.54) is 11.1 Å². The van der Waals surface area contributed by atoms with E-state index >= 15 is 0 Å². The van der Waals surface area contributed by atoms with Crippen LogP contribution in [0.5, 0.6) is 0 Å². The summed E-state index contributed by atoms with van der Waals surface area (Å²) in [6, 6.07) is 6.75. The minimum Gasteiger partial charge on any atom is -0.396 e. The first-order chi connectivity index (χ1) is 9.00. The second-order valence-electron chi connectivity index (χ2n) is 3.92. The van der Waals surface area contributed by atoms with Crippen molar-refractivity contribution in [2.75, 3.05) is 17.7 Å². The molecule has 0 aliphatic heterocycles. The number of carbonyl (C=O) groups is 1. The van der Waals surface area contributed by atoms with Gasteiger partial charge in [-0.3, -0.25) is 9.78 Å². The largest absolute Gasteiger partial charge is 0.396 e. The van der Waals surface area contributed by atoms with Crippen LogP contribution in [0.4, 0.5) is 11.4 Å². The number of nitrogens with zero attached hydrogens (tertiary/aromatic N) is 2. The Kier molecular flexibility index (Phi) is 4.07. The van der Waals surface area contributed by atoms with Crippen molar-refractivity contribution in [1.29, 1.82) is 0 Å². The maximum absolute atomic E-state index is 12.4. The zero-order valence-corrected chi connectivity index (χ0v) is 12.4. The quantitative estimate of drug-likeness (QED) is 0.912. The molecule has 0 atom stereocenters. The summed E-state index contributed by atoms with van der Waals surface area (Å²) in [5, 5.41) is 0.502. The topological polar surface area (TPSA) is 59.2 Å². The smallest absolute Gasteiger partial charge is 0.259 e. The first-order valence-corrected chi connectivity index (χ1v) is 6.60. The molecule has 0 unspecified atom stereocenters. The number of hydrogen-bond donors (Lipinski definition) is 1. The molecule has 1 amide bonds. The average Bonchev–Trinajstić information content (AvgIpc) is 2.40. The number of halogens is 2. The van der Waals surface area contributed by atoms with Crippen molar-refractivity contribution in [3.05, 3.63) is 51.7 Å². The van der Waals surface area contributed by atoms with E-state index in [2.05, 4.69) is 20.9 Å². The third-order valence-corrected chi connectivity index (χ3v) is 3.58. The number of rotatable bonds is 2. The van der Waals surface area contributed by atoms with Gasteiger partial charge >= 0.3 is 0 Å². The second-order valence-corrected chi connectivity index (χ2v) is 5.21. The Morgan fingerprint density at radius 3 is 2.84 bits per heavy atom. The fraction of sp³-hybridized carbons (Fsp3) is 0.0769. The van der Waals surface area contributed by atoms with Crippen LogP contribution in [-0.4, -0.2) is 17.9 Å². The van der Waals surface area contributed by atoms with Crippen LogP contribution in [0.25, 0.3) is 0 Å². The van der Waals surface area contributed by atoms with Gasteiger partial charge in [-0.2, -0.15) is 0 Å². The molecule has 2 aromatic rings. The third-order valence-electron chi connectivity index (χ3n) is 2.65. The highest BCUT2D eigenvalue weighted by Gasteiger charge is 2.18. The molecule has 98 valence electrons. The van der Waals surface area contributed by atoms with Crippen molar-refractivity contribution in [3.8, 4) is 0 Å². The minimum atomic E-state index is -0.202. The van der Waals surface area contributed by atoms with Crippen molar-refractivity contribution in [2.24, 2.45) is 0 Å². The Labute approximate surface area is 124 Å². The molecular formula is C13H11BrClN3O. The lowest BCUT2D eigenvalue weighted by atomic mass is 10.2.